The smallest absolute Gasteiger partial charge is 0.253 e. The summed E-state index contributed by atoms with van der Waals surface area (Å²) in [6.07, 6.45) is 2.49. The molecule has 0 spiro atoms. The van der Waals surface area contributed by atoms with Crippen molar-refractivity contribution in [3.05, 3.63) is 29.8 Å². The van der Waals surface area contributed by atoms with Crippen molar-refractivity contribution in [2.45, 2.75) is 19.8 Å². The van der Waals surface area contributed by atoms with Crippen LogP contribution in [0.1, 0.15) is 30.1 Å². The van der Waals surface area contributed by atoms with Gasteiger partial charge in [-0.25, -0.2) is 0 Å². The Balaban J connectivity index is 1.81. The van der Waals surface area contributed by atoms with Crippen LogP contribution in [0.15, 0.2) is 24.3 Å². The van der Waals surface area contributed by atoms with Crippen LogP contribution in [-0.4, -0.2) is 44.5 Å². The van der Waals surface area contributed by atoms with Crippen molar-refractivity contribution in [2.75, 3.05) is 13.1 Å². The summed E-state index contributed by atoms with van der Waals surface area (Å²) in [5.41, 5.74) is 1.47. The Morgan fingerprint density at radius 3 is 2.95 bits per heavy atom. The van der Waals surface area contributed by atoms with Gasteiger partial charge in [-0.15, -0.1) is 10.2 Å². The predicted octanol–water partition coefficient (Wildman–Crippen LogP) is 1.74. The monoisotopic (exact) mass is 271 g/mol. The van der Waals surface area contributed by atoms with Crippen LogP contribution in [0.5, 0.6) is 0 Å². The molecule has 1 aromatic carbocycles. The first-order valence-electron chi connectivity index (χ1n) is 6.91. The maximum absolute atomic E-state index is 12.5. The van der Waals surface area contributed by atoms with Gasteiger partial charge in [0.05, 0.1) is 0 Å². The van der Waals surface area contributed by atoms with Crippen molar-refractivity contribution in [3.63, 3.8) is 0 Å². The molecule has 2 aromatic rings. The van der Waals surface area contributed by atoms with Crippen molar-refractivity contribution in [1.29, 1.82) is 0 Å². The topological polar surface area (TPSA) is 74.8 Å². The lowest BCUT2D eigenvalue weighted by atomic mass is 10.1. The molecule has 1 saturated carbocycles. The molecule has 1 heterocycles. The van der Waals surface area contributed by atoms with Crippen LogP contribution in [0.3, 0.4) is 0 Å². The number of carbonyl (C=O) groups is 1. The molecule has 1 aliphatic carbocycles. The molecule has 104 valence electrons. The Bertz CT molecular complexity index is 591. The lowest BCUT2D eigenvalue weighted by Crippen LogP contribution is -2.32. The number of amides is 1. The number of aromatic nitrogens is 4. The Morgan fingerprint density at radius 1 is 1.45 bits per heavy atom. The Hall–Kier alpha value is -2.24. The van der Waals surface area contributed by atoms with E-state index in [1.165, 1.54) is 12.8 Å². The van der Waals surface area contributed by atoms with Gasteiger partial charge in [0.25, 0.3) is 5.91 Å². The zero-order valence-corrected chi connectivity index (χ0v) is 11.4. The van der Waals surface area contributed by atoms with E-state index in [-0.39, 0.29) is 5.91 Å². The maximum Gasteiger partial charge on any atom is 0.253 e. The van der Waals surface area contributed by atoms with Gasteiger partial charge in [0, 0.05) is 24.2 Å². The molecular formula is C14H17N5O. The molecule has 1 amide bonds. The van der Waals surface area contributed by atoms with Gasteiger partial charge in [-0.1, -0.05) is 12.1 Å². The zero-order chi connectivity index (χ0) is 13.9. The van der Waals surface area contributed by atoms with Gasteiger partial charge in [-0.2, -0.15) is 5.21 Å². The normalized spacial score (nSPS) is 14.2. The fourth-order valence-electron chi connectivity index (χ4n) is 2.23. The summed E-state index contributed by atoms with van der Waals surface area (Å²) < 4.78 is 0. The van der Waals surface area contributed by atoms with E-state index in [0.717, 1.165) is 18.7 Å². The van der Waals surface area contributed by atoms with Gasteiger partial charge in [-0.05, 0) is 43.0 Å². The van der Waals surface area contributed by atoms with E-state index in [9.17, 15) is 4.79 Å². The molecule has 3 rings (SSSR count). The molecule has 0 saturated heterocycles. The van der Waals surface area contributed by atoms with Crippen LogP contribution in [0.2, 0.25) is 0 Å². The van der Waals surface area contributed by atoms with Crippen molar-refractivity contribution >= 4 is 5.91 Å². The molecule has 6 nitrogen and oxygen atoms in total. The van der Waals surface area contributed by atoms with Gasteiger partial charge >= 0.3 is 0 Å². The summed E-state index contributed by atoms with van der Waals surface area (Å²) in [6.45, 7) is 3.62. The Kier molecular flexibility index (Phi) is 3.45. The van der Waals surface area contributed by atoms with Gasteiger partial charge in [0.1, 0.15) is 0 Å². The minimum Gasteiger partial charge on any atom is -0.339 e. The predicted molar refractivity (Wildman–Crippen MR) is 73.9 cm³/mol. The van der Waals surface area contributed by atoms with Gasteiger partial charge in [0.2, 0.25) is 5.82 Å². The third kappa shape index (κ3) is 2.68. The van der Waals surface area contributed by atoms with E-state index in [1.54, 1.807) is 0 Å². The van der Waals surface area contributed by atoms with E-state index in [4.69, 9.17) is 0 Å². The highest BCUT2D eigenvalue weighted by molar-refractivity contribution is 5.95. The third-order valence-corrected chi connectivity index (χ3v) is 3.56. The lowest BCUT2D eigenvalue weighted by Gasteiger charge is -2.20. The molecule has 6 heteroatoms. The molecule has 0 aliphatic heterocycles. The zero-order valence-electron chi connectivity index (χ0n) is 11.4. The highest BCUT2D eigenvalue weighted by Gasteiger charge is 2.26. The van der Waals surface area contributed by atoms with E-state index in [0.29, 0.717) is 17.3 Å². The standard InChI is InChI=1S/C14H17N5O/c1-2-19(9-10-6-7-10)14(20)12-5-3-4-11(8-12)13-15-17-18-16-13/h3-5,8,10H,2,6-7,9H2,1H3,(H,15,16,17,18). The van der Waals surface area contributed by atoms with Crippen molar-refractivity contribution in [2.24, 2.45) is 5.92 Å². The first kappa shape index (κ1) is 12.8. The second kappa shape index (κ2) is 5.40. The fourth-order valence-corrected chi connectivity index (χ4v) is 2.23. The van der Waals surface area contributed by atoms with E-state index < -0.39 is 0 Å². The summed E-state index contributed by atoms with van der Waals surface area (Å²) in [5, 5.41) is 13.8. The third-order valence-electron chi connectivity index (χ3n) is 3.56. The van der Waals surface area contributed by atoms with Crippen LogP contribution in [0.25, 0.3) is 11.4 Å². The van der Waals surface area contributed by atoms with Crippen molar-refractivity contribution in [3.8, 4) is 11.4 Å². The molecule has 1 fully saturated rings. The molecule has 1 aliphatic rings. The van der Waals surface area contributed by atoms with E-state index >= 15 is 0 Å². The molecule has 20 heavy (non-hydrogen) atoms. The molecule has 1 aromatic heterocycles. The van der Waals surface area contributed by atoms with Crippen LogP contribution in [0, 0.1) is 5.92 Å². The molecule has 0 radical (unpaired) electrons. The minimum absolute atomic E-state index is 0.0738. The van der Waals surface area contributed by atoms with Gasteiger partial charge in [0.15, 0.2) is 0 Å². The minimum atomic E-state index is 0.0738. The number of rotatable bonds is 5. The number of aromatic amines is 1. The first-order valence-corrected chi connectivity index (χ1v) is 6.91. The summed E-state index contributed by atoms with van der Waals surface area (Å²) in [7, 11) is 0. The van der Waals surface area contributed by atoms with Gasteiger partial charge < -0.3 is 4.90 Å². The first-order chi connectivity index (χ1) is 9.78. The fraction of sp³-hybridized carbons (Fsp3) is 0.429. The van der Waals surface area contributed by atoms with Crippen molar-refractivity contribution < 1.29 is 4.79 Å². The Labute approximate surface area is 117 Å². The average Bonchev–Trinajstić information content (AvgIpc) is 3.14. The lowest BCUT2D eigenvalue weighted by molar-refractivity contribution is 0.0757. The van der Waals surface area contributed by atoms with Crippen LogP contribution < -0.4 is 0 Å². The molecular weight excluding hydrogens is 254 g/mol. The molecule has 0 atom stereocenters. The number of nitrogens with one attached hydrogen (secondary N) is 1. The maximum atomic E-state index is 12.5. The van der Waals surface area contributed by atoms with Crippen LogP contribution >= 0.6 is 0 Å². The van der Waals surface area contributed by atoms with E-state index in [1.807, 2.05) is 36.1 Å². The number of hydrogen-bond acceptors (Lipinski definition) is 4. The van der Waals surface area contributed by atoms with Crippen molar-refractivity contribution in [1.82, 2.24) is 25.5 Å². The van der Waals surface area contributed by atoms with E-state index in [2.05, 4.69) is 20.6 Å². The molecule has 0 unspecified atom stereocenters. The largest absolute Gasteiger partial charge is 0.339 e. The molecule has 0 bridgehead atoms. The van der Waals surface area contributed by atoms with Gasteiger partial charge in [-0.3, -0.25) is 4.79 Å². The second-order valence-electron chi connectivity index (χ2n) is 5.10. The summed E-state index contributed by atoms with van der Waals surface area (Å²) in [5.74, 6) is 1.27. The highest BCUT2D eigenvalue weighted by atomic mass is 16.2. The number of benzene rings is 1. The summed E-state index contributed by atoms with van der Waals surface area (Å²) >= 11 is 0. The number of tetrazole rings is 1. The number of nitrogens with zero attached hydrogens (tertiary/aromatic N) is 4. The second-order valence-corrected chi connectivity index (χ2v) is 5.10. The van der Waals surface area contributed by atoms with Crippen LogP contribution in [-0.2, 0) is 0 Å². The Morgan fingerprint density at radius 2 is 2.30 bits per heavy atom. The quantitative estimate of drug-likeness (QED) is 0.898. The SMILES string of the molecule is CCN(CC1CC1)C(=O)c1cccc(-c2nn[nH]n2)c1. The number of hydrogen-bond donors (Lipinski definition) is 1. The number of H-pyrrole nitrogens is 1. The molecule has 1 N–H and O–H groups in total. The average molecular weight is 271 g/mol. The summed E-state index contributed by atoms with van der Waals surface area (Å²) in [6, 6.07) is 7.38. The highest BCUT2D eigenvalue weighted by Crippen LogP contribution is 2.30. The summed E-state index contributed by atoms with van der Waals surface area (Å²) in [4.78, 5) is 14.4. The number of carbonyl (C=O) groups excluding carboxylic acids is 1. The van der Waals surface area contributed by atoms with Crippen LogP contribution in [0.4, 0.5) is 0 Å².